The molecule has 1 nitrogen and oxygen atoms in total. The minimum absolute atomic E-state index is 1.04. The van der Waals surface area contributed by atoms with Gasteiger partial charge in [0.1, 0.15) is 0 Å². The van der Waals surface area contributed by atoms with E-state index < -0.39 is 0 Å². The van der Waals surface area contributed by atoms with Gasteiger partial charge in [-0.3, -0.25) is 0 Å². The molecule has 2 rings (SSSR count). The standard InChI is InChI=1S/C11H12BrN/c1-9-4-5-10(12)8-11(9)13-6-2-3-7-13/h2-5,8H,6-7H2,1H3. The average Bonchev–Trinajstić information content (AvgIpc) is 2.61. The summed E-state index contributed by atoms with van der Waals surface area (Å²) in [6.07, 6.45) is 4.42. The van der Waals surface area contributed by atoms with Gasteiger partial charge in [0.2, 0.25) is 0 Å². The molecule has 13 heavy (non-hydrogen) atoms. The molecule has 0 spiro atoms. The van der Waals surface area contributed by atoms with Crippen molar-refractivity contribution in [2.45, 2.75) is 6.92 Å². The van der Waals surface area contributed by atoms with Gasteiger partial charge in [0, 0.05) is 23.2 Å². The van der Waals surface area contributed by atoms with Crippen molar-refractivity contribution in [1.82, 2.24) is 0 Å². The van der Waals surface area contributed by atoms with Crippen molar-refractivity contribution in [3.05, 3.63) is 40.4 Å². The Balaban J connectivity index is 2.33. The van der Waals surface area contributed by atoms with Crippen molar-refractivity contribution in [1.29, 1.82) is 0 Å². The lowest BCUT2D eigenvalue weighted by atomic mass is 10.2. The van der Waals surface area contributed by atoms with Crippen LogP contribution in [0.15, 0.2) is 34.8 Å². The van der Waals surface area contributed by atoms with Gasteiger partial charge in [-0.15, -0.1) is 0 Å². The van der Waals surface area contributed by atoms with E-state index in [9.17, 15) is 0 Å². The molecule has 1 aliphatic rings. The lowest BCUT2D eigenvalue weighted by molar-refractivity contribution is 0.997. The van der Waals surface area contributed by atoms with E-state index in [0.717, 1.165) is 17.6 Å². The topological polar surface area (TPSA) is 3.24 Å². The molecular weight excluding hydrogens is 226 g/mol. The third-order valence-electron chi connectivity index (χ3n) is 2.33. The van der Waals surface area contributed by atoms with Crippen LogP contribution in [0.25, 0.3) is 0 Å². The second-order valence-electron chi connectivity index (χ2n) is 3.31. The first-order chi connectivity index (χ1) is 6.27. The van der Waals surface area contributed by atoms with Crippen LogP contribution in [0.5, 0.6) is 0 Å². The van der Waals surface area contributed by atoms with Gasteiger partial charge in [0.25, 0.3) is 0 Å². The second kappa shape index (κ2) is 3.54. The molecule has 0 radical (unpaired) electrons. The first kappa shape index (κ1) is 8.82. The third-order valence-corrected chi connectivity index (χ3v) is 2.82. The van der Waals surface area contributed by atoms with Gasteiger partial charge in [-0.05, 0) is 24.6 Å². The summed E-state index contributed by atoms with van der Waals surface area (Å²) >= 11 is 3.50. The molecule has 0 saturated heterocycles. The fraction of sp³-hybridized carbons (Fsp3) is 0.273. The lowest BCUT2D eigenvalue weighted by Gasteiger charge is -2.20. The predicted molar refractivity (Wildman–Crippen MR) is 60.2 cm³/mol. The Morgan fingerprint density at radius 1 is 1.23 bits per heavy atom. The molecule has 0 unspecified atom stereocenters. The first-order valence-corrected chi connectivity index (χ1v) is 5.23. The highest BCUT2D eigenvalue weighted by Gasteiger charge is 2.09. The summed E-state index contributed by atoms with van der Waals surface area (Å²) in [5.41, 5.74) is 2.67. The molecule has 0 aromatic heterocycles. The first-order valence-electron chi connectivity index (χ1n) is 4.43. The summed E-state index contributed by atoms with van der Waals surface area (Å²) in [6.45, 7) is 4.23. The molecule has 0 atom stereocenters. The van der Waals surface area contributed by atoms with E-state index in [-0.39, 0.29) is 0 Å². The molecule has 0 aliphatic carbocycles. The van der Waals surface area contributed by atoms with E-state index in [0.29, 0.717) is 0 Å². The number of halogens is 1. The Bertz CT molecular complexity index is 336. The van der Waals surface area contributed by atoms with Gasteiger partial charge in [-0.1, -0.05) is 34.1 Å². The summed E-state index contributed by atoms with van der Waals surface area (Å²) in [7, 11) is 0. The molecule has 0 saturated carbocycles. The van der Waals surface area contributed by atoms with Crippen LogP contribution in [0.3, 0.4) is 0 Å². The van der Waals surface area contributed by atoms with E-state index >= 15 is 0 Å². The second-order valence-corrected chi connectivity index (χ2v) is 4.22. The molecule has 1 aromatic rings. The number of aryl methyl sites for hydroxylation is 1. The van der Waals surface area contributed by atoms with Gasteiger partial charge in [0.15, 0.2) is 0 Å². The van der Waals surface area contributed by atoms with Crippen LogP contribution in [0.1, 0.15) is 5.56 Å². The average molecular weight is 238 g/mol. The highest BCUT2D eigenvalue weighted by molar-refractivity contribution is 9.10. The van der Waals surface area contributed by atoms with Crippen molar-refractivity contribution in [2.75, 3.05) is 18.0 Å². The summed E-state index contributed by atoms with van der Waals surface area (Å²) in [4.78, 5) is 2.36. The fourth-order valence-electron chi connectivity index (χ4n) is 1.60. The van der Waals surface area contributed by atoms with Crippen molar-refractivity contribution in [3.8, 4) is 0 Å². The van der Waals surface area contributed by atoms with Gasteiger partial charge >= 0.3 is 0 Å². The molecule has 1 aromatic carbocycles. The summed E-state index contributed by atoms with van der Waals surface area (Å²) < 4.78 is 1.15. The molecule has 1 aliphatic heterocycles. The Labute approximate surface area is 87.2 Å². The van der Waals surface area contributed by atoms with Crippen LogP contribution in [-0.2, 0) is 0 Å². The number of benzene rings is 1. The normalized spacial score (nSPS) is 15.4. The monoisotopic (exact) mass is 237 g/mol. The largest absolute Gasteiger partial charge is 0.364 e. The minimum atomic E-state index is 1.04. The van der Waals surface area contributed by atoms with Crippen molar-refractivity contribution in [3.63, 3.8) is 0 Å². The van der Waals surface area contributed by atoms with E-state index in [2.05, 4.69) is 58.1 Å². The van der Waals surface area contributed by atoms with Crippen molar-refractivity contribution in [2.24, 2.45) is 0 Å². The number of rotatable bonds is 1. The van der Waals surface area contributed by atoms with Crippen LogP contribution < -0.4 is 4.90 Å². The van der Waals surface area contributed by atoms with Crippen LogP contribution >= 0.6 is 15.9 Å². The van der Waals surface area contributed by atoms with Gasteiger partial charge in [-0.25, -0.2) is 0 Å². The number of nitrogens with zero attached hydrogens (tertiary/aromatic N) is 1. The Hall–Kier alpha value is -0.760. The van der Waals surface area contributed by atoms with Crippen molar-refractivity contribution < 1.29 is 0 Å². The van der Waals surface area contributed by atoms with Crippen LogP contribution in [0.2, 0.25) is 0 Å². The maximum absolute atomic E-state index is 3.50. The van der Waals surface area contributed by atoms with Gasteiger partial charge in [-0.2, -0.15) is 0 Å². The van der Waals surface area contributed by atoms with Gasteiger partial charge in [0.05, 0.1) is 0 Å². The highest BCUT2D eigenvalue weighted by Crippen LogP contribution is 2.25. The summed E-state index contributed by atoms with van der Waals surface area (Å²) in [5.74, 6) is 0. The minimum Gasteiger partial charge on any atom is -0.364 e. The number of anilines is 1. The maximum Gasteiger partial charge on any atom is 0.0412 e. The summed E-state index contributed by atoms with van der Waals surface area (Å²) in [5, 5.41) is 0. The zero-order valence-corrected chi connectivity index (χ0v) is 9.21. The Kier molecular flexibility index (Phi) is 2.40. The number of hydrogen-bond donors (Lipinski definition) is 0. The van der Waals surface area contributed by atoms with E-state index in [1.54, 1.807) is 0 Å². The molecular formula is C11H12BrN. The smallest absolute Gasteiger partial charge is 0.0412 e. The fourth-order valence-corrected chi connectivity index (χ4v) is 1.95. The molecule has 68 valence electrons. The maximum atomic E-state index is 3.50. The van der Waals surface area contributed by atoms with Crippen LogP contribution in [0, 0.1) is 6.92 Å². The molecule has 0 fully saturated rings. The number of hydrogen-bond acceptors (Lipinski definition) is 1. The molecule has 0 N–H and O–H groups in total. The third kappa shape index (κ3) is 1.78. The lowest BCUT2D eigenvalue weighted by Crippen LogP contribution is -2.19. The van der Waals surface area contributed by atoms with Crippen LogP contribution in [-0.4, -0.2) is 13.1 Å². The zero-order valence-electron chi connectivity index (χ0n) is 7.63. The van der Waals surface area contributed by atoms with E-state index in [1.807, 2.05) is 0 Å². The Morgan fingerprint density at radius 3 is 2.62 bits per heavy atom. The molecule has 0 amide bonds. The van der Waals surface area contributed by atoms with E-state index in [1.165, 1.54) is 11.3 Å². The highest BCUT2D eigenvalue weighted by atomic mass is 79.9. The predicted octanol–water partition coefficient (Wildman–Crippen LogP) is 3.13. The summed E-state index contributed by atoms with van der Waals surface area (Å²) in [6, 6.07) is 6.42. The molecule has 1 heterocycles. The zero-order chi connectivity index (χ0) is 9.26. The quantitative estimate of drug-likeness (QED) is 0.679. The van der Waals surface area contributed by atoms with E-state index in [4.69, 9.17) is 0 Å². The Morgan fingerprint density at radius 2 is 1.92 bits per heavy atom. The van der Waals surface area contributed by atoms with Gasteiger partial charge < -0.3 is 4.90 Å². The van der Waals surface area contributed by atoms with Crippen LogP contribution in [0.4, 0.5) is 5.69 Å². The SMILES string of the molecule is Cc1ccc(Br)cc1N1CC=CC1. The van der Waals surface area contributed by atoms with Crippen molar-refractivity contribution >= 4 is 21.6 Å². The molecule has 0 bridgehead atoms. The molecule has 2 heteroatoms.